The van der Waals surface area contributed by atoms with Gasteiger partial charge in [-0.1, -0.05) is 6.58 Å². The maximum Gasteiger partial charge on any atom is 0.430 e. The molecule has 0 aliphatic carbocycles. The van der Waals surface area contributed by atoms with Crippen LogP contribution in [0.5, 0.6) is 0 Å². The second-order valence-corrected chi connectivity index (χ2v) is 4.54. The van der Waals surface area contributed by atoms with Crippen molar-refractivity contribution >= 4 is 11.9 Å². The van der Waals surface area contributed by atoms with Crippen molar-refractivity contribution in [1.29, 1.82) is 0 Å². The Balaban J connectivity index is 0.000000585. The second kappa shape index (κ2) is 9.65. The van der Waals surface area contributed by atoms with Crippen LogP contribution < -0.4 is 9.67 Å². The van der Waals surface area contributed by atoms with Crippen LogP contribution in [-0.2, 0) is 27.4 Å². The Hall–Kier alpha value is -2.32. The van der Waals surface area contributed by atoms with Crippen molar-refractivity contribution in [2.75, 3.05) is 6.61 Å². The Kier molecular flexibility index (Phi) is 8.67. The Morgan fingerprint density at radius 1 is 1.39 bits per heavy atom. The van der Waals surface area contributed by atoms with Crippen molar-refractivity contribution in [2.24, 2.45) is 0 Å². The molecule has 0 spiro atoms. The number of esters is 1. The fourth-order valence-electron chi connectivity index (χ4n) is 1.29. The van der Waals surface area contributed by atoms with E-state index in [1.807, 2.05) is 18.7 Å². The van der Waals surface area contributed by atoms with Crippen molar-refractivity contribution in [1.82, 2.24) is 4.57 Å². The third-order valence-electron chi connectivity index (χ3n) is 2.49. The van der Waals surface area contributed by atoms with E-state index >= 15 is 0 Å². The molecule has 0 aliphatic heterocycles. The summed E-state index contributed by atoms with van der Waals surface area (Å²) in [6.45, 7) is 9.54. The number of imidazole rings is 1. The average molecular weight is 336 g/mol. The largest absolute Gasteiger partial charge is 0.542 e. The minimum atomic E-state index is -5.19. The number of nitrogens with zero attached hydrogens (tertiary/aromatic N) is 2. The fourth-order valence-corrected chi connectivity index (χ4v) is 1.29. The van der Waals surface area contributed by atoms with Crippen LogP contribution in [0.2, 0.25) is 0 Å². The van der Waals surface area contributed by atoms with Crippen LogP contribution >= 0.6 is 0 Å². The molecule has 0 atom stereocenters. The van der Waals surface area contributed by atoms with Crippen LogP contribution in [0, 0.1) is 0 Å². The van der Waals surface area contributed by atoms with E-state index in [1.54, 1.807) is 6.92 Å². The highest BCUT2D eigenvalue weighted by atomic mass is 19.4. The van der Waals surface area contributed by atoms with E-state index in [1.165, 1.54) is 0 Å². The van der Waals surface area contributed by atoms with Gasteiger partial charge < -0.3 is 14.6 Å². The number of hydrogen-bond donors (Lipinski definition) is 0. The normalized spacial score (nSPS) is 10.5. The minimum absolute atomic E-state index is 0.309. The summed E-state index contributed by atoms with van der Waals surface area (Å²) in [5.74, 6) is -3.32. The number of carboxylic acids is 1. The van der Waals surface area contributed by atoms with Crippen molar-refractivity contribution in [3.05, 3.63) is 30.9 Å². The van der Waals surface area contributed by atoms with Crippen molar-refractivity contribution in [3.8, 4) is 0 Å². The molecule has 6 nitrogen and oxygen atoms in total. The van der Waals surface area contributed by atoms with Crippen LogP contribution in [0.25, 0.3) is 0 Å². The molecule has 0 bridgehead atoms. The number of carbonyl (C=O) groups is 2. The van der Waals surface area contributed by atoms with E-state index < -0.39 is 12.1 Å². The van der Waals surface area contributed by atoms with E-state index in [0.29, 0.717) is 12.2 Å². The van der Waals surface area contributed by atoms with Crippen molar-refractivity contribution in [3.63, 3.8) is 0 Å². The summed E-state index contributed by atoms with van der Waals surface area (Å²) < 4.78 is 40.7. The summed E-state index contributed by atoms with van der Waals surface area (Å²) in [7, 11) is 0. The highest BCUT2D eigenvalue weighted by Gasteiger charge is 2.28. The van der Waals surface area contributed by atoms with Gasteiger partial charge in [-0.05, 0) is 13.8 Å². The zero-order valence-electron chi connectivity index (χ0n) is 12.9. The van der Waals surface area contributed by atoms with Gasteiger partial charge in [-0.2, -0.15) is 13.2 Å². The molecule has 1 rings (SSSR count). The standard InChI is InChI=1S/C12H19N2O2.C2HF3O2/c1-4-13-7-8-14(10-13)6-5-9-16-12(15)11(2)3;3-2(4,5)1(6)7/h7-8,10H,2,4-6,9H2,1,3H3;(H,6,7)/q+1;/p-1. The number of halogens is 3. The molecule has 9 heteroatoms. The number of ether oxygens (including phenoxy) is 1. The molecule has 1 heterocycles. The molecule has 0 radical (unpaired) electrons. The van der Waals surface area contributed by atoms with E-state index in [4.69, 9.17) is 14.6 Å². The SMILES string of the molecule is C=C(C)C(=O)OCCC[n+]1ccn(CC)c1.O=C([O-])C(F)(F)F. The first kappa shape index (κ1) is 20.7. The van der Waals surface area contributed by atoms with Gasteiger partial charge in [-0.15, -0.1) is 0 Å². The summed E-state index contributed by atoms with van der Waals surface area (Å²) >= 11 is 0. The number of rotatable bonds is 6. The summed E-state index contributed by atoms with van der Waals surface area (Å²) in [5, 5.41) is 8.78. The molecular weight excluding hydrogens is 317 g/mol. The lowest BCUT2D eigenvalue weighted by molar-refractivity contribution is -0.697. The first-order chi connectivity index (χ1) is 10.6. The lowest BCUT2D eigenvalue weighted by Crippen LogP contribution is -2.37. The molecule has 0 unspecified atom stereocenters. The van der Waals surface area contributed by atoms with Gasteiger partial charge >= 0.3 is 12.1 Å². The number of aryl methyl sites for hydroxylation is 2. The zero-order valence-corrected chi connectivity index (χ0v) is 12.9. The smallest absolute Gasteiger partial charge is 0.430 e. The van der Waals surface area contributed by atoms with Crippen LogP contribution in [0.1, 0.15) is 20.3 Å². The van der Waals surface area contributed by atoms with Gasteiger partial charge in [0.05, 0.1) is 19.7 Å². The molecule has 1 aromatic heterocycles. The molecule has 0 aromatic carbocycles. The third kappa shape index (κ3) is 9.33. The summed E-state index contributed by atoms with van der Waals surface area (Å²) in [4.78, 5) is 19.9. The lowest BCUT2D eigenvalue weighted by Gasteiger charge is -2.03. The van der Waals surface area contributed by atoms with Gasteiger partial charge in [0.15, 0.2) is 0 Å². The first-order valence-electron chi connectivity index (χ1n) is 6.73. The predicted molar refractivity (Wildman–Crippen MR) is 71.8 cm³/mol. The van der Waals surface area contributed by atoms with Crippen LogP contribution in [0.15, 0.2) is 30.9 Å². The fraction of sp³-hybridized carbons (Fsp3) is 0.500. The molecule has 130 valence electrons. The van der Waals surface area contributed by atoms with Gasteiger partial charge in [-0.25, -0.2) is 13.9 Å². The van der Waals surface area contributed by atoms with E-state index in [-0.39, 0.29) is 5.97 Å². The van der Waals surface area contributed by atoms with Crippen LogP contribution in [0.3, 0.4) is 0 Å². The molecule has 1 aromatic rings. The average Bonchev–Trinajstić information content (AvgIpc) is 2.90. The quantitative estimate of drug-likeness (QED) is 0.330. The van der Waals surface area contributed by atoms with Gasteiger partial charge in [-0.3, -0.25) is 0 Å². The van der Waals surface area contributed by atoms with E-state index in [9.17, 15) is 18.0 Å². The number of aromatic nitrogens is 2. The molecule has 0 aliphatic rings. The predicted octanol–water partition coefficient (Wildman–Crippen LogP) is 0.603. The highest BCUT2D eigenvalue weighted by Crippen LogP contribution is 2.11. The molecule has 0 fully saturated rings. The molecule has 0 saturated carbocycles. The van der Waals surface area contributed by atoms with E-state index in [0.717, 1.165) is 19.5 Å². The number of hydrogen-bond acceptors (Lipinski definition) is 4. The highest BCUT2D eigenvalue weighted by molar-refractivity contribution is 5.86. The van der Waals surface area contributed by atoms with Crippen molar-refractivity contribution in [2.45, 2.75) is 39.5 Å². The van der Waals surface area contributed by atoms with E-state index in [2.05, 4.69) is 22.6 Å². The second-order valence-electron chi connectivity index (χ2n) is 4.54. The molecule has 0 amide bonds. The molecule has 0 saturated heterocycles. The van der Waals surface area contributed by atoms with Crippen molar-refractivity contribution < 1.29 is 37.2 Å². The van der Waals surface area contributed by atoms with Gasteiger partial charge in [0.25, 0.3) is 0 Å². The molecular formula is C14H19F3N2O4. The van der Waals surface area contributed by atoms with Gasteiger partial charge in [0.2, 0.25) is 6.33 Å². The number of carbonyl (C=O) groups excluding carboxylic acids is 2. The Bertz CT molecular complexity index is 538. The third-order valence-corrected chi connectivity index (χ3v) is 2.49. The summed E-state index contributed by atoms with van der Waals surface area (Å²) in [6.07, 6.45) is 1.71. The lowest BCUT2D eigenvalue weighted by atomic mass is 10.3. The summed E-state index contributed by atoms with van der Waals surface area (Å²) in [6, 6.07) is 0. The van der Waals surface area contributed by atoms with Crippen LogP contribution in [-0.4, -0.2) is 29.3 Å². The number of alkyl halides is 3. The minimum Gasteiger partial charge on any atom is -0.542 e. The molecule has 23 heavy (non-hydrogen) atoms. The Morgan fingerprint density at radius 3 is 2.35 bits per heavy atom. The van der Waals surface area contributed by atoms with Gasteiger partial charge in [0.1, 0.15) is 18.4 Å². The topological polar surface area (TPSA) is 75.2 Å². The van der Waals surface area contributed by atoms with Gasteiger partial charge in [0, 0.05) is 12.0 Å². The monoisotopic (exact) mass is 336 g/mol. The first-order valence-corrected chi connectivity index (χ1v) is 6.73. The Morgan fingerprint density at radius 2 is 1.96 bits per heavy atom. The maximum absolute atomic E-state index is 11.1. The summed E-state index contributed by atoms with van der Waals surface area (Å²) in [5.41, 5.74) is 0.449. The maximum atomic E-state index is 11.1. The number of carboxylic acid groups (broad SMARTS) is 1. The molecule has 0 N–H and O–H groups in total. The number of aliphatic carboxylic acids is 1. The zero-order chi connectivity index (χ0) is 18.0. The Labute approximate surface area is 131 Å². The van der Waals surface area contributed by atoms with Crippen LogP contribution in [0.4, 0.5) is 13.2 Å².